The van der Waals surface area contributed by atoms with Gasteiger partial charge in [-0.3, -0.25) is 9.59 Å². The van der Waals surface area contributed by atoms with Gasteiger partial charge in [0.2, 0.25) is 11.8 Å². The number of anilines is 1. The van der Waals surface area contributed by atoms with Gasteiger partial charge in [0.15, 0.2) is 0 Å². The Morgan fingerprint density at radius 3 is 2.85 bits per heavy atom. The van der Waals surface area contributed by atoms with E-state index in [1.165, 1.54) is 0 Å². The molecule has 1 aliphatic heterocycles. The van der Waals surface area contributed by atoms with E-state index >= 15 is 0 Å². The predicted octanol–water partition coefficient (Wildman–Crippen LogP) is 0.981. The van der Waals surface area contributed by atoms with E-state index in [4.69, 9.17) is 0 Å². The number of para-hydroxylation sites is 1. The first-order valence-electron chi connectivity index (χ1n) is 7.14. The second-order valence-electron chi connectivity index (χ2n) is 5.40. The summed E-state index contributed by atoms with van der Waals surface area (Å²) in [7, 11) is 0. The van der Waals surface area contributed by atoms with Crippen molar-refractivity contribution in [1.29, 1.82) is 0 Å². The Morgan fingerprint density at radius 2 is 2.05 bits per heavy atom. The quantitative estimate of drug-likeness (QED) is 0.749. The molecule has 0 spiro atoms. The summed E-state index contributed by atoms with van der Waals surface area (Å²) in [6, 6.07) is 8.22. The van der Waals surface area contributed by atoms with Gasteiger partial charge in [-0.15, -0.1) is 0 Å². The van der Waals surface area contributed by atoms with Gasteiger partial charge in [-0.25, -0.2) is 0 Å². The average Bonchev–Trinajstić information content (AvgIpc) is 3.15. The lowest BCUT2D eigenvalue weighted by Gasteiger charge is -2.11. The van der Waals surface area contributed by atoms with Crippen LogP contribution < -0.4 is 16.0 Å². The van der Waals surface area contributed by atoms with Crippen molar-refractivity contribution in [1.82, 2.24) is 10.6 Å². The molecule has 1 heterocycles. The second-order valence-corrected chi connectivity index (χ2v) is 5.40. The molecule has 1 aromatic carbocycles. The Bertz CT molecular complexity index is 526. The number of hydrogen-bond acceptors (Lipinski definition) is 3. The second kappa shape index (κ2) is 5.53. The molecule has 2 aliphatic rings. The van der Waals surface area contributed by atoms with Gasteiger partial charge in [0.05, 0.1) is 5.92 Å². The van der Waals surface area contributed by atoms with Crippen LogP contribution in [-0.4, -0.2) is 30.9 Å². The van der Waals surface area contributed by atoms with Crippen molar-refractivity contribution in [3.05, 3.63) is 29.8 Å². The normalized spacial score (nSPS) is 19.9. The molecule has 3 N–H and O–H groups in total. The standard InChI is InChI=1S/C15H19N3O2/c19-14(18-10-5-6-10)7-8-16-15(20)12-9-17-13-4-2-1-3-11(12)13/h1-4,10,12,17H,5-9H2,(H,16,20)(H,18,19). The van der Waals surface area contributed by atoms with Crippen LogP contribution in [0.4, 0.5) is 5.69 Å². The highest BCUT2D eigenvalue weighted by Crippen LogP contribution is 2.30. The predicted molar refractivity (Wildman–Crippen MR) is 76.5 cm³/mol. The summed E-state index contributed by atoms with van der Waals surface area (Å²) >= 11 is 0. The number of benzene rings is 1. The number of rotatable bonds is 5. The molecule has 0 saturated heterocycles. The van der Waals surface area contributed by atoms with Crippen molar-refractivity contribution in [2.75, 3.05) is 18.4 Å². The van der Waals surface area contributed by atoms with E-state index in [-0.39, 0.29) is 17.7 Å². The molecule has 1 aliphatic carbocycles. The highest BCUT2D eigenvalue weighted by Gasteiger charge is 2.28. The molecule has 1 aromatic rings. The Balaban J connectivity index is 1.46. The summed E-state index contributed by atoms with van der Waals surface area (Å²) in [5.41, 5.74) is 2.06. The molecular formula is C15H19N3O2. The third-order valence-corrected chi connectivity index (χ3v) is 3.74. The summed E-state index contributed by atoms with van der Waals surface area (Å²) in [5.74, 6) is -0.142. The Kier molecular flexibility index (Phi) is 3.58. The van der Waals surface area contributed by atoms with E-state index in [2.05, 4.69) is 16.0 Å². The van der Waals surface area contributed by atoms with Crippen molar-refractivity contribution in [3.63, 3.8) is 0 Å². The number of nitrogens with one attached hydrogen (secondary N) is 3. The fourth-order valence-corrected chi connectivity index (χ4v) is 2.47. The van der Waals surface area contributed by atoms with Gasteiger partial charge in [-0.05, 0) is 24.5 Å². The van der Waals surface area contributed by atoms with Gasteiger partial charge in [0.1, 0.15) is 0 Å². The first-order valence-corrected chi connectivity index (χ1v) is 7.14. The van der Waals surface area contributed by atoms with Gasteiger partial charge >= 0.3 is 0 Å². The van der Waals surface area contributed by atoms with Gasteiger partial charge in [-0.2, -0.15) is 0 Å². The van der Waals surface area contributed by atoms with Crippen LogP contribution in [0, 0.1) is 0 Å². The lowest BCUT2D eigenvalue weighted by molar-refractivity contribution is -0.123. The summed E-state index contributed by atoms with van der Waals surface area (Å²) in [6.45, 7) is 1.02. The average molecular weight is 273 g/mol. The molecule has 1 unspecified atom stereocenters. The number of carbonyl (C=O) groups excluding carboxylic acids is 2. The molecule has 0 aromatic heterocycles. The minimum Gasteiger partial charge on any atom is -0.384 e. The molecule has 5 heteroatoms. The van der Waals surface area contributed by atoms with Crippen LogP contribution in [0.25, 0.3) is 0 Å². The summed E-state index contributed by atoms with van der Waals surface area (Å²) in [4.78, 5) is 23.7. The highest BCUT2D eigenvalue weighted by molar-refractivity contribution is 5.88. The van der Waals surface area contributed by atoms with Crippen LogP contribution >= 0.6 is 0 Å². The maximum atomic E-state index is 12.1. The minimum absolute atomic E-state index is 0.0123. The first-order chi connectivity index (χ1) is 9.74. The van der Waals surface area contributed by atoms with Crippen LogP contribution in [-0.2, 0) is 9.59 Å². The smallest absolute Gasteiger partial charge is 0.229 e. The van der Waals surface area contributed by atoms with Crippen LogP contribution in [0.2, 0.25) is 0 Å². The minimum atomic E-state index is -0.155. The Labute approximate surface area is 118 Å². The molecule has 2 amide bonds. The van der Waals surface area contributed by atoms with Crippen molar-refractivity contribution >= 4 is 17.5 Å². The van der Waals surface area contributed by atoms with E-state index in [1.54, 1.807) is 0 Å². The van der Waals surface area contributed by atoms with E-state index < -0.39 is 0 Å². The number of amides is 2. The molecule has 3 rings (SSSR count). The number of hydrogen-bond donors (Lipinski definition) is 3. The van der Waals surface area contributed by atoms with Crippen LogP contribution in [0.15, 0.2) is 24.3 Å². The molecule has 1 saturated carbocycles. The first kappa shape index (κ1) is 13.0. The SMILES string of the molecule is O=C(CCNC(=O)C1CNc2ccccc21)NC1CC1. The molecule has 1 atom stereocenters. The Hall–Kier alpha value is -2.04. The van der Waals surface area contributed by atoms with Gasteiger partial charge in [0, 0.05) is 31.2 Å². The summed E-state index contributed by atoms with van der Waals surface area (Å²) in [5, 5.41) is 8.99. The zero-order chi connectivity index (χ0) is 13.9. The molecule has 20 heavy (non-hydrogen) atoms. The van der Waals surface area contributed by atoms with Crippen molar-refractivity contribution < 1.29 is 9.59 Å². The lowest BCUT2D eigenvalue weighted by atomic mass is 10.0. The molecule has 1 fully saturated rings. The van der Waals surface area contributed by atoms with E-state index in [0.717, 1.165) is 24.1 Å². The molecular weight excluding hydrogens is 254 g/mol. The van der Waals surface area contributed by atoms with Crippen molar-refractivity contribution in [2.45, 2.75) is 31.2 Å². The molecule has 5 nitrogen and oxygen atoms in total. The number of carbonyl (C=O) groups is 2. The van der Waals surface area contributed by atoms with Crippen LogP contribution in [0.5, 0.6) is 0 Å². The largest absolute Gasteiger partial charge is 0.384 e. The highest BCUT2D eigenvalue weighted by atomic mass is 16.2. The maximum Gasteiger partial charge on any atom is 0.229 e. The zero-order valence-electron chi connectivity index (χ0n) is 11.3. The monoisotopic (exact) mass is 273 g/mol. The van der Waals surface area contributed by atoms with E-state index in [1.807, 2.05) is 24.3 Å². The third-order valence-electron chi connectivity index (χ3n) is 3.74. The van der Waals surface area contributed by atoms with Crippen LogP contribution in [0.3, 0.4) is 0 Å². The molecule has 106 valence electrons. The number of fused-ring (bicyclic) bond motifs is 1. The summed E-state index contributed by atoms with van der Waals surface area (Å²) in [6.07, 6.45) is 2.52. The van der Waals surface area contributed by atoms with E-state index in [9.17, 15) is 9.59 Å². The van der Waals surface area contributed by atoms with Crippen molar-refractivity contribution in [3.8, 4) is 0 Å². The summed E-state index contributed by atoms with van der Waals surface area (Å²) < 4.78 is 0. The van der Waals surface area contributed by atoms with Gasteiger partial charge < -0.3 is 16.0 Å². The maximum absolute atomic E-state index is 12.1. The fraction of sp³-hybridized carbons (Fsp3) is 0.467. The zero-order valence-corrected chi connectivity index (χ0v) is 11.3. The molecule has 0 bridgehead atoms. The van der Waals surface area contributed by atoms with Crippen LogP contribution in [0.1, 0.15) is 30.7 Å². The van der Waals surface area contributed by atoms with Gasteiger partial charge in [0.25, 0.3) is 0 Å². The topological polar surface area (TPSA) is 70.2 Å². The lowest BCUT2D eigenvalue weighted by Crippen LogP contribution is -2.34. The van der Waals surface area contributed by atoms with Gasteiger partial charge in [-0.1, -0.05) is 18.2 Å². The third kappa shape index (κ3) is 2.92. The molecule has 0 radical (unpaired) electrons. The van der Waals surface area contributed by atoms with E-state index in [0.29, 0.717) is 25.6 Å². The van der Waals surface area contributed by atoms with Crippen molar-refractivity contribution in [2.24, 2.45) is 0 Å². The Morgan fingerprint density at radius 1 is 1.25 bits per heavy atom. The fourth-order valence-electron chi connectivity index (χ4n) is 2.47.